The second-order valence-corrected chi connectivity index (χ2v) is 5.25. The molecule has 16 heavy (non-hydrogen) atoms. The minimum Gasteiger partial charge on any atom is -0.339 e. The molecule has 1 amide bonds. The molecule has 3 heteroatoms. The largest absolute Gasteiger partial charge is 0.339 e. The second kappa shape index (κ2) is 6.24. The molecule has 0 aromatic rings. The van der Waals surface area contributed by atoms with E-state index in [2.05, 4.69) is 25.7 Å². The summed E-state index contributed by atoms with van der Waals surface area (Å²) < 4.78 is 0. The van der Waals surface area contributed by atoms with E-state index in [-0.39, 0.29) is 0 Å². The van der Waals surface area contributed by atoms with Gasteiger partial charge in [0.1, 0.15) is 0 Å². The van der Waals surface area contributed by atoms with E-state index >= 15 is 0 Å². The Labute approximate surface area is 99.4 Å². The first-order valence-electron chi connectivity index (χ1n) is 6.59. The molecule has 3 nitrogen and oxygen atoms in total. The molecular formula is C13H26N2O. The summed E-state index contributed by atoms with van der Waals surface area (Å²) in [6, 6.07) is 0.461. The van der Waals surface area contributed by atoms with E-state index in [1.807, 2.05) is 0 Å². The first-order chi connectivity index (χ1) is 7.60. The van der Waals surface area contributed by atoms with Crippen molar-refractivity contribution in [3.8, 4) is 0 Å². The predicted octanol–water partition coefficient (Wildman–Crippen LogP) is 2.01. The number of nitrogens with two attached hydrogens (primary N) is 1. The SMILES string of the molecule is CCC(CN)CC(=O)N1CCCC1C(C)C. The fourth-order valence-corrected chi connectivity index (χ4v) is 2.55. The van der Waals surface area contributed by atoms with Crippen molar-refractivity contribution in [2.75, 3.05) is 13.1 Å². The maximum atomic E-state index is 12.2. The van der Waals surface area contributed by atoms with Crippen LogP contribution < -0.4 is 5.73 Å². The van der Waals surface area contributed by atoms with E-state index in [0.717, 1.165) is 19.4 Å². The monoisotopic (exact) mass is 226 g/mol. The van der Waals surface area contributed by atoms with Gasteiger partial charge in [0.25, 0.3) is 0 Å². The zero-order chi connectivity index (χ0) is 12.1. The van der Waals surface area contributed by atoms with Gasteiger partial charge in [-0.15, -0.1) is 0 Å². The summed E-state index contributed by atoms with van der Waals surface area (Å²) in [5.41, 5.74) is 5.65. The molecule has 0 bridgehead atoms. The third-order valence-corrected chi connectivity index (χ3v) is 3.76. The second-order valence-electron chi connectivity index (χ2n) is 5.25. The summed E-state index contributed by atoms with van der Waals surface area (Å²) in [6.07, 6.45) is 3.97. The van der Waals surface area contributed by atoms with Crippen LogP contribution in [0, 0.1) is 11.8 Å². The zero-order valence-corrected chi connectivity index (χ0v) is 10.9. The highest BCUT2D eigenvalue weighted by Gasteiger charge is 2.31. The summed E-state index contributed by atoms with van der Waals surface area (Å²) in [6.45, 7) is 8.09. The smallest absolute Gasteiger partial charge is 0.223 e. The maximum absolute atomic E-state index is 12.2. The summed E-state index contributed by atoms with van der Waals surface area (Å²) in [5, 5.41) is 0. The van der Waals surface area contributed by atoms with Gasteiger partial charge in [-0.25, -0.2) is 0 Å². The lowest BCUT2D eigenvalue weighted by molar-refractivity contribution is -0.133. The molecule has 2 N–H and O–H groups in total. The van der Waals surface area contributed by atoms with Crippen LogP contribution in [-0.4, -0.2) is 29.9 Å². The molecule has 0 radical (unpaired) electrons. The lowest BCUT2D eigenvalue weighted by Crippen LogP contribution is -2.39. The minimum atomic E-state index is 0.313. The van der Waals surface area contributed by atoms with Crippen LogP contribution >= 0.6 is 0 Å². The van der Waals surface area contributed by atoms with Gasteiger partial charge in [-0.2, -0.15) is 0 Å². The van der Waals surface area contributed by atoms with Crippen molar-refractivity contribution in [1.82, 2.24) is 4.90 Å². The highest BCUT2D eigenvalue weighted by atomic mass is 16.2. The first kappa shape index (κ1) is 13.5. The number of amides is 1. The third-order valence-electron chi connectivity index (χ3n) is 3.76. The van der Waals surface area contributed by atoms with Crippen LogP contribution in [0.5, 0.6) is 0 Å². The number of carbonyl (C=O) groups excluding carboxylic acids is 1. The van der Waals surface area contributed by atoms with Crippen molar-refractivity contribution in [2.24, 2.45) is 17.6 Å². The van der Waals surface area contributed by atoms with E-state index < -0.39 is 0 Å². The van der Waals surface area contributed by atoms with Crippen molar-refractivity contribution >= 4 is 5.91 Å². The van der Waals surface area contributed by atoms with Crippen molar-refractivity contribution in [2.45, 2.75) is 52.5 Å². The Morgan fingerprint density at radius 2 is 2.19 bits per heavy atom. The van der Waals surface area contributed by atoms with Gasteiger partial charge in [-0.1, -0.05) is 27.2 Å². The van der Waals surface area contributed by atoms with E-state index in [1.165, 1.54) is 6.42 Å². The molecule has 2 atom stereocenters. The quantitative estimate of drug-likeness (QED) is 0.779. The van der Waals surface area contributed by atoms with Crippen LogP contribution in [0.4, 0.5) is 0 Å². The Morgan fingerprint density at radius 3 is 2.69 bits per heavy atom. The standard InChI is InChI=1S/C13H26N2O/c1-4-11(9-14)8-13(16)15-7-5-6-12(15)10(2)3/h10-12H,4-9,14H2,1-3H3. The highest BCUT2D eigenvalue weighted by molar-refractivity contribution is 5.77. The Morgan fingerprint density at radius 1 is 1.50 bits per heavy atom. The molecule has 1 rings (SSSR count). The number of likely N-dealkylation sites (tertiary alicyclic amines) is 1. The summed E-state index contributed by atoms with van der Waals surface area (Å²) in [7, 11) is 0. The fourth-order valence-electron chi connectivity index (χ4n) is 2.55. The Balaban J connectivity index is 2.52. The van der Waals surface area contributed by atoms with Crippen LogP contribution in [-0.2, 0) is 4.79 Å². The zero-order valence-electron chi connectivity index (χ0n) is 10.9. The normalized spacial score (nSPS) is 22.8. The topological polar surface area (TPSA) is 46.3 Å². The van der Waals surface area contributed by atoms with E-state index in [9.17, 15) is 4.79 Å². The Hall–Kier alpha value is -0.570. The number of nitrogens with zero attached hydrogens (tertiary/aromatic N) is 1. The average molecular weight is 226 g/mol. The van der Waals surface area contributed by atoms with Crippen LogP contribution in [0.15, 0.2) is 0 Å². The van der Waals surface area contributed by atoms with Gasteiger partial charge >= 0.3 is 0 Å². The molecule has 0 aliphatic carbocycles. The number of rotatable bonds is 5. The molecule has 2 unspecified atom stereocenters. The number of hydrogen-bond donors (Lipinski definition) is 1. The van der Waals surface area contributed by atoms with Gasteiger partial charge < -0.3 is 10.6 Å². The van der Waals surface area contributed by atoms with E-state index in [1.54, 1.807) is 0 Å². The molecule has 1 aliphatic rings. The van der Waals surface area contributed by atoms with Crippen LogP contribution in [0.1, 0.15) is 46.5 Å². The van der Waals surface area contributed by atoms with Crippen LogP contribution in [0.25, 0.3) is 0 Å². The van der Waals surface area contributed by atoms with Gasteiger partial charge in [-0.05, 0) is 31.2 Å². The molecule has 94 valence electrons. The van der Waals surface area contributed by atoms with Crippen molar-refractivity contribution in [3.05, 3.63) is 0 Å². The summed E-state index contributed by atoms with van der Waals surface area (Å²) in [5.74, 6) is 1.25. The van der Waals surface area contributed by atoms with Gasteiger partial charge in [0.15, 0.2) is 0 Å². The molecule has 0 saturated carbocycles. The lowest BCUT2D eigenvalue weighted by Gasteiger charge is -2.29. The third kappa shape index (κ3) is 3.21. The van der Waals surface area contributed by atoms with Crippen LogP contribution in [0.2, 0.25) is 0 Å². The molecule has 1 heterocycles. The maximum Gasteiger partial charge on any atom is 0.223 e. The van der Waals surface area contributed by atoms with E-state index in [0.29, 0.717) is 36.8 Å². The van der Waals surface area contributed by atoms with Crippen molar-refractivity contribution in [1.29, 1.82) is 0 Å². The van der Waals surface area contributed by atoms with Gasteiger partial charge in [-0.3, -0.25) is 4.79 Å². The first-order valence-corrected chi connectivity index (χ1v) is 6.59. The van der Waals surface area contributed by atoms with E-state index in [4.69, 9.17) is 5.73 Å². The number of carbonyl (C=O) groups is 1. The summed E-state index contributed by atoms with van der Waals surface area (Å²) in [4.78, 5) is 14.2. The van der Waals surface area contributed by atoms with Gasteiger partial charge in [0, 0.05) is 19.0 Å². The van der Waals surface area contributed by atoms with Crippen molar-refractivity contribution < 1.29 is 4.79 Å². The van der Waals surface area contributed by atoms with Gasteiger partial charge in [0.2, 0.25) is 5.91 Å². The molecule has 0 aromatic carbocycles. The molecule has 0 spiro atoms. The molecule has 1 fully saturated rings. The average Bonchev–Trinajstić information content (AvgIpc) is 2.74. The lowest BCUT2D eigenvalue weighted by atomic mass is 9.99. The predicted molar refractivity (Wildman–Crippen MR) is 67.0 cm³/mol. The molecule has 1 aliphatic heterocycles. The Bertz CT molecular complexity index is 224. The Kier molecular flexibility index (Phi) is 5.26. The van der Waals surface area contributed by atoms with Crippen molar-refractivity contribution in [3.63, 3.8) is 0 Å². The highest BCUT2D eigenvalue weighted by Crippen LogP contribution is 2.25. The molecular weight excluding hydrogens is 200 g/mol. The fraction of sp³-hybridized carbons (Fsp3) is 0.923. The molecule has 1 saturated heterocycles. The minimum absolute atomic E-state index is 0.313. The van der Waals surface area contributed by atoms with Gasteiger partial charge in [0.05, 0.1) is 0 Å². The summed E-state index contributed by atoms with van der Waals surface area (Å²) >= 11 is 0. The number of hydrogen-bond acceptors (Lipinski definition) is 2. The molecule has 0 aromatic heterocycles. The van der Waals surface area contributed by atoms with Crippen LogP contribution in [0.3, 0.4) is 0 Å².